The number of rotatable bonds is 4. The molecule has 1 saturated heterocycles. The van der Waals surface area contributed by atoms with Gasteiger partial charge in [-0.3, -0.25) is 9.58 Å². The molecule has 0 bridgehead atoms. The van der Waals surface area contributed by atoms with Gasteiger partial charge in [0, 0.05) is 25.2 Å². The summed E-state index contributed by atoms with van der Waals surface area (Å²) in [5, 5.41) is 14.8. The van der Waals surface area contributed by atoms with Gasteiger partial charge in [0.25, 0.3) is 0 Å². The van der Waals surface area contributed by atoms with Gasteiger partial charge < -0.3 is 5.11 Å². The topological polar surface area (TPSA) is 41.3 Å². The highest BCUT2D eigenvalue weighted by molar-refractivity contribution is 5.08. The Morgan fingerprint density at radius 3 is 2.42 bits per heavy atom. The van der Waals surface area contributed by atoms with Crippen LogP contribution in [0.2, 0.25) is 0 Å². The highest BCUT2D eigenvalue weighted by Gasteiger charge is 2.34. The lowest BCUT2D eigenvalue weighted by Gasteiger charge is -2.41. The first-order valence-electron chi connectivity index (χ1n) is 7.41. The van der Waals surface area contributed by atoms with Gasteiger partial charge in [-0.2, -0.15) is 5.10 Å². The molecule has 2 rings (SSSR count). The van der Waals surface area contributed by atoms with Gasteiger partial charge in [-0.15, -0.1) is 0 Å². The van der Waals surface area contributed by atoms with Crippen LogP contribution < -0.4 is 0 Å². The molecule has 0 spiro atoms. The molecule has 1 unspecified atom stereocenters. The molecule has 19 heavy (non-hydrogen) atoms. The SMILES string of the molecule is Cn1cc(CC(O)C(C)(C)N2CCCCCC2)cn1. The number of hydrogen-bond donors (Lipinski definition) is 1. The van der Waals surface area contributed by atoms with Crippen molar-refractivity contribution >= 4 is 0 Å². The highest BCUT2D eigenvalue weighted by atomic mass is 16.3. The van der Waals surface area contributed by atoms with Crippen LogP contribution in [-0.4, -0.2) is 44.5 Å². The summed E-state index contributed by atoms with van der Waals surface area (Å²) in [7, 11) is 1.91. The second-order valence-electron chi connectivity index (χ2n) is 6.30. The Morgan fingerprint density at radius 2 is 1.89 bits per heavy atom. The molecule has 0 radical (unpaired) electrons. The molecular weight excluding hydrogens is 238 g/mol. The molecule has 2 heterocycles. The van der Waals surface area contributed by atoms with E-state index in [1.54, 1.807) is 4.68 Å². The fourth-order valence-electron chi connectivity index (χ4n) is 2.91. The Bertz CT molecular complexity index is 392. The second-order valence-corrected chi connectivity index (χ2v) is 6.30. The molecule has 1 aliphatic rings. The zero-order valence-electron chi connectivity index (χ0n) is 12.5. The standard InChI is InChI=1S/C15H27N3O/c1-15(2,18-8-6-4-5-7-9-18)14(19)10-13-11-16-17(3)12-13/h11-12,14,19H,4-10H2,1-3H3. The Morgan fingerprint density at radius 1 is 1.26 bits per heavy atom. The van der Waals surface area contributed by atoms with Crippen molar-refractivity contribution in [3.63, 3.8) is 0 Å². The molecule has 108 valence electrons. The van der Waals surface area contributed by atoms with Gasteiger partial charge in [0.15, 0.2) is 0 Å². The second kappa shape index (κ2) is 6.06. The fourth-order valence-corrected chi connectivity index (χ4v) is 2.91. The van der Waals surface area contributed by atoms with Crippen LogP contribution in [0.4, 0.5) is 0 Å². The number of aromatic nitrogens is 2. The highest BCUT2D eigenvalue weighted by Crippen LogP contribution is 2.25. The quantitative estimate of drug-likeness (QED) is 0.905. The molecule has 0 amide bonds. The van der Waals surface area contributed by atoms with E-state index in [0.717, 1.165) is 18.7 Å². The van der Waals surface area contributed by atoms with Crippen molar-refractivity contribution in [1.29, 1.82) is 0 Å². The maximum absolute atomic E-state index is 10.6. The lowest BCUT2D eigenvalue weighted by Crippen LogP contribution is -2.53. The van der Waals surface area contributed by atoms with Crippen LogP contribution in [0, 0.1) is 0 Å². The molecule has 0 aromatic carbocycles. The van der Waals surface area contributed by atoms with Gasteiger partial charge in [-0.05, 0) is 45.3 Å². The molecule has 1 fully saturated rings. The van der Waals surface area contributed by atoms with E-state index in [1.165, 1.54) is 25.7 Å². The third-order valence-electron chi connectivity index (χ3n) is 4.42. The van der Waals surface area contributed by atoms with E-state index in [-0.39, 0.29) is 11.6 Å². The Labute approximate surface area is 116 Å². The number of aliphatic hydroxyl groups excluding tert-OH is 1. The molecule has 4 heteroatoms. The normalized spacial score (nSPS) is 20.2. The first-order chi connectivity index (χ1) is 9.00. The van der Waals surface area contributed by atoms with Crippen LogP contribution in [-0.2, 0) is 13.5 Å². The molecule has 1 aromatic heterocycles. The molecule has 1 N–H and O–H groups in total. The summed E-state index contributed by atoms with van der Waals surface area (Å²) in [5.41, 5.74) is 0.943. The van der Waals surface area contributed by atoms with E-state index < -0.39 is 0 Å². The van der Waals surface area contributed by atoms with Gasteiger partial charge in [-0.1, -0.05) is 12.8 Å². The molecule has 4 nitrogen and oxygen atoms in total. The van der Waals surface area contributed by atoms with Crippen LogP contribution in [0.1, 0.15) is 45.1 Å². The number of aryl methyl sites for hydroxylation is 1. The average molecular weight is 265 g/mol. The smallest absolute Gasteiger partial charge is 0.0759 e. The third-order valence-corrected chi connectivity index (χ3v) is 4.42. The zero-order chi connectivity index (χ0) is 13.9. The molecule has 0 saturated carbocycles. The van der Waals surface area contributed by atoms with Crippen LogP contribution >= 0.6 is 0 Å². The summed E-state index contributed by atoms with van der Waals surface area (Å²) in [6.07, 6.45) is 9.32. The van der Waals surface area contributed by atoms with E-state index >= 15 is 0 Å². The summed E-state index contributed by atoms with van der Waals surface area (Å²) in [4.78, 5) is 2.46. The molecular formula is C15H27N3O. The lowest BCUT2D eigenvalue weighted by atomic mass is 9.90. The first-order valence-corrected chi connectivity index (χ1v) is 7.41. The minimum absolute atomic E-state index is 0.166. The Hall–Kier alpha value is -0.870. The van der Waals surface area contributed by atoms with Gasteiger partial charge in [0.05, 0.1) is 12.3 Å². The number of nitrogens with zero attached hydrogens (tertiary/aromatic N) is 3. The lowest BCUT2D eigenvalue weighted by molar-refractivity contribution is -0.00787. The van der Waals surface area contributed by atoms with Gasteiger partial charge in [-0.25, -0.2) is 0 Å². The minimum Gasteiger partial charge on any atom is -0.391 e. The maximum Gasteiger partial charge on any atom is 0.0759 e. The van der Waals surface area contributed by atoms with Crippen molar-refractivity contribution in [2.75, 3.05) is 13.1 Å². The van der Waals surface area contributed by atoms with E-state index in [9.17, 15) is 5.11 Å². The monoisotopic (exact) mass is 265 g/mol. The first kappa shape index (κ1) is 14.5. The van der Waals surface area contributed by atoms with Crippen molar-refractivity contribution in [3.8, 4) is 0 Å². The van der Waals surface area contributed by atoms with E-state index in [4.69, 9.17) is 0 Å². The van der Waals surface area contributed by atoms with Crippen molar-refractivity contribution < 1.29 is 5.11 Å². The number of aliphatic hydroxyl groups is 1. The Balaban J connectivity index is 2.00. The van der Waals surface area contributed by atoms with Crippen molar-refractivity contribution in [1.82, 2.24) is 14.7 Å². The van der Waals surface area contributed by atoms with E-state index in [1.807, 2.05) is 19.4 Å². The number of likely N-dealkylation sites (tertiary alicyclic amines) is 1. The van der Waals surface area contributed by atoms with Crippen LogP contribution in [0.25, 0.3) is 0 Å². The van der Waals surface area contributed by atoms with E-state index in [2.05, 4.69) is 23.8 Å². The van der Waals surface area contributed by atoms with Gasteiger partial charge in [0.2, 0.25) is 0 Å². The summed E-state index contributed by atoms with van der Waals surface area (Å²) < 4.78 is 1.79. The maximum atomic E-state index is 10.6. The Kier molecular flexibility index (Phi) is 4.63. The summed E-state index contributed by atoms with van der Waals surface area (Å²) in [6, 6.07) is 0. The summed E-state index contributed by atoms with van der Waals surface area (Å²) in [5.74, 6) is 0. The van der Waals surface area contributed by atoms with Crippen LogP contribution in [0.15, 0.2) is 12.4 Å². The van der Waals surface area contributed by atoms with Crippen LogP contribution in [0.3, 0.4) is 0 Å². The van der Waals surface area contributed by atoms with Crippen molar-refractivity contribution in [2.24, 2.45) is 7.05 Å². The molecule has 1 aromatic rings. The summed E-state index contributed by atoms with van der Waals surface area (Å²) in [6.45, 7) is 6.55. The molecule has 1 aliphatic heterocycles. The fraction of sp³-hybridized carbons (Fsp3) is 0.800. The van der Waals surface area contributed by atoms with Gasteiger partial charge >= 0.3 is 0 Å². The predicted molar refractivity (Wildman–Crippen MR) is 77.0 cm³/mol. The predicted octanol–water partition coefficient (Wildman–Crippen LogP) is 1.98. The van der Waals surface area contributed by atoms with Crippen molar-refractivity contribution in [3.05, 3.63) is 18.0 Å². The minimum atomic E-state index is -0.352. The number of hydrogen-bond acceptors (Lipinski definition) is 3. The third kappa shape index (κ3) is 3.57. The largest absolute Gasteiger partial charge is 0.391 e. The van der Waals surface area contributed by atoms with Gasteiger partial charge in [0.1, 0.15) is 0 Å². The van der Waals surface area contributed by atoms with Crippen molar-refractivity contribution in [2.45, 2.75) is 57.6 Å². The zero-order valence-corrected chi connectivity index (χ0v) is 12.5. The molecule has 0 aliphatic carbocycles. The van der Waals surface area contributed by atoms with E-state index in [0.29, 0.717) is 6.42 Å². The summed E-state index contributed by atoms with van der Waals surface area (Å²) >= 11 is 0. The average Bonchev–Trinajstić information content (AvgIpc) is 2.63. The van der Waals surface area contributed by atoms with Crippen LogP contribution in [0.5, 0.6) is 0 Å². The molecule has 1 atom stereocenters.